The van der Waals surface area contributed by atoms with Crippen LogP contribution in [0, 0.1) is 12.8 Å². The number of nitrogens with zero attached hydrogens (tertiary/aromatic N) is 5. The number of aromatic nitrogens is 5. The molecular formula is C18H21ClN6O. The van der Waals surface area contributed by atoms with Crippen molar-refractivity contribution in [2.75, 3.05) is 11.9 Å². The maximum Gasteiger partial charge on any atom is 0.232 e. The van der Waals surface area contributed by atoms with Gasteiger partial charge in [-0.15, -0.1) is 10.2 Å². The van der Waals surface area contributed by atoms with Gasteiger partial charge >= 0.3 is 0 Å². The van der Waals surface area contributed by atoms with E-state index in [1.807, 2.05) is 37.4 Å². The predicted molar refractivity (Wildman–Crippen MR) is 101 cm³/mol. The summed E-state index contributed by atoms with van der Waals surface area (Å²) in [6, 6.07) is 7.47. The van der Waals surface area contributed by atoms with Crippen LogP contribution in [0.15, 0.2) is 36.7 Å². The van der Waals surface area contributed by atoms with Gasteiger partial charge in [-0.05, 0) is 42.7 Å². The second-order valence-electron chi connectivity index (χ2n) is 6.37. The van der Waals surface area contributed by atoms with Crippen LogP contribution in [-0.2, 0) is 6.54 Å². The Kier molecular flexibility index (Phi) is 5.68. The van der Waals surface area contributed by atoms with E-state index in [1.54, 1.807) is 10.9 Å². The van der Waals surface area contributed by atoms with Crippen LogP contribution in [0.4, 0.5) is 5.82 Å². The zero-order chi connectivity index (χ0) is 18.5. The van der Waals surface area contributed by atoms with Gasteiger partial charge in [0.2, 0.25) is 5.88 Å². The molecule has 136 valence electrons. The number of hydrogen-bond donors (Lipinski definition) is 1. The summed E-state index contributed by atoms with van der Waals surface area (Å²) in [4.78, 5) is 4.28. The lowest BCUT2D eigenvalue weighted by Crippen LogP contribution is -2.07. The smallest absolute Gasteiger partial charge is 0.232 e. The number of aryl methyl sites for hydroxylation is 1. The number of ether oxygens (including phenoxy) is 1. The molecule has 0 aliphatic heterocycles. The Hall–Kier alpha value is -2.67. The predicted octanol–water partition coefficient (Wildman–Crippen LogP) is 3.67. The molecule has 0 saturated heterocycles. The molecule has 0 aliphatic carbocycles. The summed E-state index contributed by atoms with van der Waals surface area (Å²) in [5.41, 5.74) is 1.86. The Morgan fingerprint density at radius 1 is 1.23 bits per heavy atom. The number of pyridine rings is 1. The van der Waals surface area contributed by atoms with Crippen LogP contribution in [0.2, 0.25) is 5.02 Å². The molecule has 0 saturated carbocycles. The van der Waals surface area contributed by atoms with E-state index in [0.717, 1.165) is 11.3 Å². The van der Waals surface area contributed by atoms with Crippen LogP contribution < -0.4 is 10.1 Å². The molecule has 0 aromatic carbocycles. The molecular weight excluding hydrogens is 352 g/mol. The van der Waals surface area contributed by atoms with Crippen LogP contribution in [0.1, 0.15) is 25.1 Å². The van der Waals surface area contributed by atoms with Crippen LogP contribution in [0.25, 0.3) is 5.82 Å². The summed E-state index contributed by atoms with van der Waals surface area (Å²) in [5.74, 6) is 2.21. The molecule has 0 radical (unpaired) electrons. The fourth-order valence-electron chi connectivity index (χ4n) is 2.19. The summed E-state index contributed by atoms with van der Waals surface area (Å²) in [7, 11) is 0. The fraction of sp³-hybridized carbons (Fsp3) is 0.333. The first-order valence-electron chi connectivity index (χ1n) is 8.38. The van der Waals surface area contributed by atoms with Gasteiger partial charge in [-0.25, -0.2) is 9.67 Å². The third-order valence-corrected chi connectivity index (χ3v) is 3.77. The van der Waals surface area contributed by atoms with E-state index >= 15 is 0 Å². The van der Waals surface area contributed by atoms with Gasteiger partial charge in [0, 0.05) is 18.9 Å². The van der Waals surface area contributed by atoms with Crippen molar-refractivity contribution in [2.24, 2.45) is 5.92 Å². The number of anilines is 1. The van der Waals surface area contributed by atoms with Crippen LogP contribution >= 0.6 is 11.6 Å². The molecule has 0 unspecified atom stereocenters. The Balaban J connectivity index is 1.59. The monoisotopic (exact) mass is 372 g/mol. The Labute approximate surface area is 157 Å². The average Bonchev–Trinajstić information content (AvgIpc) is 3.06. The average molecular weight is 373 g/mol. The molecule has 3 heterocycles. The molecule has 0 atom stereocenters. The summed E-state index contributed by atoms with van der Waals surface area (Å²) < 4.78 is 7.27. The van der Waals surface area contributed by atoms with Gasteiger partial charge in [0.25, 0.3) is 0 Å². The van der Waals surface area contributed by atoms with Crippen molar-refractivity contribution in [3.63, 3.8) is 0 Å². The molecule has 0 aliphatic rings. The minimum absolute atomic E-state index is 0.418. The van der Waals surface area contributed by atoms with Gasteiger partial charge in [0.1, 0.15) is 10.8 Å². The molecule has 0 bridgehead atoms. The first-order chi connectivity index (χ1) is 12.5. The SMILES string of the molecule is Cc1ccn(-c2ccc(NCc3cnc(OCC(C)C)c(Cl)c3)nn2)n1. The van der Waals surface area contributed by atoms with Crippen molar-refractivity contribution >= 4 is 17.4 Å². The van der Waals surface area contributed by atoms with E-state index in [-0.39, 0.29) is 0 Å². The minimum Gasteiger partial charge on any atom is -0.476 e. The number of hydrogen-bond acceptors (Lipinski definition) is 6. The molecule has 26 heavy (non-hydrogen) atoms. The maximum absolute atomic E-state index is 6.23. The van der Waals surface area contributed by atoms with Gasteiger partial charge in [-0.1, -0.05) is 25.4 Å². The summed E-state index contributed by atoms with van der Waals surface area (Å²) in [5, 5.41) is 16.3. The molecule has 0 amide bonds. The van der Waals surface area contributed by atoms with E-state index in [9.17, 15) is 0 Å². The number of rotatable bonds is 7. The first kappa shape index (κ1) is 18.1. The summed E-state index contributed by atoms with van der Waals surface area (Å²) in [6.07, 6.45) is 3.59. The van der Waals surface area contributed by atoms with E-state index in [1.165, 1.54) is 0 Å². The second-order valence-corrected chi connectivity index (χ2v) is 6.77. The van der Waals surface area contributed by atoms with Gasteiger partial charge in [0.05, 0.1) is 12.3 Å². The zero-order valence-corrected chi connectivity index (χ0v) is 15.7. The van der Waals surface area contributed by atoms with Crippen molar-refractivity contribution in [3.05, 3.63) is 52.9 Å². The van der Waals surface area contributed by atoms with Crippen molar-refractivity contribution < 1.29 is 4.74 Å². The van der Waals surface area contributed by atoms with Crippen molar-refractivity contribution in [3.8, 4) is 11.7 Å². The minimum atomic E-state index is 0.418. The molecule has 0 fully saturated rings. The Morgan fingerprint density at radius 3 is 2.69 bits per heavy atom. The first-order valence-corrected chi connectivity index (χ1v) is 8.76. The van der Waals surface area contributed by atoms with E-state index < -0.39 is 0 Å². The lowest BCUT2D eigenvalue weighted by atomic mass is 10.2. The van der Waals surface area contributed by atoms with Gasteiger partial charge in [-0.2, -0.15) is 5.10 Å². The summed E-state index contributed by atoms with van der Waals surface area (Å²) in [6.45, 7) is 7.20. The van der Waals surface area contributed by atoms with E-state index in [2.05, 4.69) is 39.4 Å². The topological polar surface area (TPSA) is 77.8 Å². The molecule has 8 heteroatoms. The second kappa shape index (κ2) is 8.14. The van der Waals surface area contributed by atoms with E-state index in [0.29, 0.717) is 41.6 Å². The zero-order valence-electron chi connectivity index (χ0n) is 15.0. The molecule has 7 nitrogen and oxygen atoms in total. The molecule has 1 N–H and O–H groups in total. The van der Waals surface area contributed by atoms with Crippen molar-refractivity contribution in [1.29, 1.82) is 0 Å². The highest BCUT2D eigenvalue weighted by molar-refractivity contribution is 6.31. The Bertz CT molecular complexity index is 862. The van der Waals surface area contributed by atoms with Crippen molar-refractivity contribution in [2.45, 2.75) is 27.3 Å². The maximum atomic E-state index is 6.23. The van der Waals surface area contributed by atoms with Gasteiger partial charge in [0.15, 0.2) is 5.82 Å². The molecule has 3 aromatic heterocycles. The standard InChI is InChI=1S/C18H21ClN6O/c1-12(2)11-26-18-15(19)8-14(10-21-18)9-20-16-4-5-17(23-22-16)25-7-6-13(3)24-25/h4-8,10,12H,9,11H2,1-3H3,(H,20,22). The number of halogens is 1. The van der Waals surface area contributed by atoms with Gasteiger partial charge < -0.3 is 10.1 Å². The summed E-state index contributed by atoms with van der Waals surface area (Å²) >= 11 is 6.23. The third kappa shape index (κ3) is 4.70. The highest BCUT2D eigenvalue weighted by atomic mass is 35.5. The fourth-order valence-corrected chi connectivity index (χ4v) is 2.43. The molecule has 3 rings (SSSR count). The van der Waals surface area contributed by atoms with Crippen LogP contribution in [-0.4, -0.2) is 31.6 Å². The highest BCUT2D eigenvalue weighted by Gasteiger charge is 2.07. The number of nitrogens with one attached hydrogen (secondary N) is 1. The molecule has 3 aromatic rings. The quantitative estimate of drug-likeness (QED) is 0.681. The van der Waals surface area contributed by atoms with Gasteiger partial charge in [-0.3, -0.25) is 0 Å². The lowest BCUT2D eigenvalue weighted by Gasteiger charge is -2.10. The third-order valence-electron chi connectivity index (χ3n) is 3.50. The Morgan fingerprint density at radius 2 is 2.08 bits per heavy atom. The van der Waals surface area contributed by atoms with Crippen molar-refractivity contribution in [1.82, 2.24) is 25.0 Å². The van der Waals surface area contributed by atoms with Crippen LogP contribution in [0.5, 0.6) is 5.88 Å². The lowest BCUT2D eigenvalue weighted by molar-refractivity contribution is 0.261. The highest BCUT2D eigenvalue weighted by Crippen LogP contribution is 2.23. The molecule has 0 spiro atoms. The normalized spacial score (nSPS) is 11.0. The van der Waals surface area contributed by atoms with E-state index in [4.69, 9.17) is 16.3 Å². The largest absolute Gasteiger partial charge is 0.476 e. The van der Waals surface area contributed by atoms with Crippen LogP contribution in [0.3, 0.4) is 0 Å².